The molecule has 1 saturated carbocycles. The van der Waals surface area contributed by atoms with Crippen molar-refractivity contribution in [3.05, 3.63) is 29.3 Å². The van der Waals surface area contributed by atoms with Crippen LogP contribution in [-0.2, 0) is 10.0 Å². The van der Waals surface area contributed by atoms with Gasteiger partial charge in [-0.15, -0.1) is 0 Å². The second-order valence-corrected chi connectivity index (χ2v) is 8.59. The first-order chi connectivity index (χ1) is 11.4. The highest BCUT2D eigenvalue weighted by atomic mass is 32.2. The Morgan fingerprint density at radius 1 is 1.17 bits per heavy atom. The first kappa shape index (κ1) is 17.4. The Labute approximate surface area is 143 Å². The van der Waals surface area contributed by atoms with Crippen molar-refractivity contribution in [3.63, 3.8) is 0 Å². The van der Waals surface area contributed by atoms with Crippen molar-refractivity contribution in [2.24, 2.45) is 0 Å². The van der Waals surface area contributed by atoms with Gasteiger partial charge < -0.3 is 10.2 Å². The molecule has 1 aromatic carbocycles. The number of nitrogens with one attached hydrogen (secondary N) is 2. The fourth-order valence-electron chi connectivity index (χ4n) is 3.24. The van der Waals surface area contributed by atoms with Crippen LogP contribution in [0.5, 0.6) is 0 Å². The van der Waals surface area contributed by atoms with E-state index in [2.05, 4.69) is 14.9 Å². The molecule has 1 aliphatic heterocycles. The third kappa shape index (κ3) is 3.79. The molecule has 3 rings (SSSR count). The number of carbonyl (C=O) groups is 1. The van der Waals surface area contributed by atoms with E-state index >= 15 is 0 Å². The van der Waals surface area contributed by atoms with Crippen molar-refractivity contribution in [1.82, 2.24) is 14.9 Å². The second kappa shape index (κ2) is 6.82. The minimum absolute atomic E-state index is 0.115. The fraction of sp³-hybridized carbons (Fsp3) is 0.588. The lowest BCUT2D eigenvalue weighted by atomic mass is 10.0. The first-order valence-electron chi connectivity index (χ1n) is 8.50. The van der Waals surface area contributed by atoms with Crippen LogP contribution in [0.2, 0.25) is 0 Å². The van der Waals surface area contributed by atoms with E-state index < -0.39 is 10.0 Å². The van der Waals surface area contributed by atoms with E-state index in [1.807, 2.05) is 6.92 Å². The molecule has 0 radical (unpaired) electrons. The van der Waals surface area contributed by atoms with Crippen LogP contribution in [0.15, 0.2) is 23.1 Å². The van der Waals surface area contributed by atoms with Gasteiger partial charge in [-0.2, -0.15) is 0 Å². The number of aryl methyl sites for hydroxylation is 1. The van der Waals surface area contributed by atoms with E-state index in [4.69, 9.17) is 0 Å². The number of hydrogen-bond acceptors (Lipinski definition) is 4. The Morgan fingerprint density at radius 2 is 1.83 bits per heavy atom. The lowest BCUT2D eigenvalue weighted by Crippen LogP contribution is -2.45. The maximum atomic E-state index is 12.6. The number of carbonyl (C=O) groups excluding carboxylic acids is 1. The molecule has 0 bridgehead atoms. The molecule has 1 heterocycles. The lowest BCUT2D eigenvalue weighted by molar-refractivity contribution is 0.0908. The van der Waals surface area contributed by atoms with Crippen LogP contribution in [0.3, 0.4) is 0 Å². The Hall–Kier alpha value is -1.44. The van der Waals surface area contributed by atoms with Gasteiger partial charge in [0.2, 0.25) is 10.0 Å². The molecule has 0 aromatic heterocycles. The third-order valence-corrected chi connectivity index (χ3v) is 6.37. The number of rotatable bonds is 5. The van der Waals surface area contributed by atoms with Crippen LogP contribution >= 0.6 is 0 Å². The highest BCUT2D eigenvalue weighted by Crippen LogP contribution is 2.29. The van der Waals surface area contributed by atoms with E-state index in [-0.39, 0.29) is 16.8 Å². The maximum Gasteiger partial charge on any atom is 0.251 e. The Bertz CT molecular complexity index is 721. The molecule has 0 atom stereocenters. The van der Waals surface area contributed by atoms with Crippen molar-refractivity contribution < 1.29 is 13.2 Å². The summed E-state index contributed by atoms with van der Waals surface area (Å²) in [5, 5.41) is 3.07. The molecule has 2 aliphatic rings. The third-order valence-electron chi connectivity index (χ3n) is 4.96. The average Bonchev–Trinajstić information content (AvgIpc) is 3.40. The molecule has 1 aromatic rings. The van der Waals surface area contributed by atoms with Gasteiger partial charge in [-0.05, 0) is 57.4 Å². The normalized spacial score (nSPS) is 20.1. The molecule has 132 valence electrons. The van der Waals surface area contributed by atoms with Crippen molar-refractivity contribution in [1.29, 1.82) is 0 Å². The fourth-order valence-corrected chi connectivity index (χ4v) is 4.00. The predicted octanol–water partition coefficient (Wildman–Crippen LogP) is 1.26. The largest absolute Gasteiger partial charge is 0.349 e. The van der Waals surface area contributed by atoms with Crippen LogP contribution < -0.4 is 10.0 Å². The Kier molecular flexibility index (Phi) is 4.94. The molecule has 7 heteroatoms. The number of benzene rings is 1. The molecule has 0 unspecified atom stereocenters. The Morgan fingerprint density at radius 3 is 2.42 bits per heavy atom. The molecule has 0 spiro atoms. The number of sulfonamides is 1. The molecule has 6 nitrogen and oxygen atoms in total. The number of nitrogens with zero attached hydrogens (tertiary/aromatic N) is 1. The summed E-state index contributed by atoms with van der Waals surface area (Å²) >= 11 is 0. The van der Waals surface area contributed by atoms with Gasteiger partial charge in [-0.3, -0.25) is 4.79 Å². The molecule has 2 fully saturated rings. The molecule has 24 heavy (non-hydrogen) atoms. The second-order valence-electron chi connectivity index (χ2n) is 6.70. The molecule has 1 saturated heterocycles. The maximum absolute atomic E-state index is 12.6. The van der Waals surface area contributed by atoms with Crippen LogP contribution in [0, 0.1) is 6.92 Å². The zero-order valence-corrected chi connectivity index (χ0v) is 15.0. The smallest absolute Gasteiger partial charge is 0.251 e. The minimum atomic E-state index is -3.55. The van der Waals surface area contributed by atoms with Crippen LogP contribution in [0.4, 0.5) is 0 Å². The molecular formula is C17H25N3O3S. The number of likely N-dealkylation sites (tertiary alicyclic amines) is 1. The van der Waals surface area contributed by atoms with Gasteiger partial charge in [0.15, 0.2) is 0 Å². The van der Waals surface area contributed by atoms with Crippen molar-refractivity contribution in [2.75, 3.05) is 20.1 Å². The summed E-state index contributed by atoms with van der Waals surface area (Å²) in [5.41, 5.74) is 1.20. The van der Waals surface area contributed by atoms with Gasteiger partial charge in [0, 0.05) is 30.7 Å². The zero-order chi connectivity index (χ0) is 17.3. The van der Waals surface area contributed by atoms with E-state index in [1.54, 1.807) is 6.07 Å². The van der Waals surface area contributed by atoms with Crippen LogP contribution in [-0.4, -0.2) is 51.4 Å². The summed E-state index contributed by atoms with van der Waals surface area (Å²) in [6, 6.07) is 5.58. The highest BCUT2D eigenvalue weighted by Gasteiger charge is 2.32. The molecule has 2 N–H and O–H groups in total. The van der Waals surface area contributed by atoms with E-state index in [0.29, 0.717) is 5.56 Å². The number of piperidine rings is 1. The minimum Gasteiger partial charge on any atom is -0.349 e. The van der Waals surface area contributed by atoms with Gasteiger partial charge in [0.1, 0.15) is 0 Å². The average molecular weight is 351 g/mol. The van der Waals surface area contributed by atoms with Gasteiger partial charge in [-0.1, -0.05) is 6.07 Å². The Balaban J connectivity index is 1.67. The van der Waals surface area contributed by atoms with Crippen molar-refractivity contribution in [3.8, 4) is 0 Å². The topological polar surface area (TPSA) is 78.5 Å². The lowest BCUT2D eigenvalue weighted by Gasteiger charge is -2.32. The summed E-state index contributed by atoms with van der Waals surface area (Å²) < 4.78 is 26.1. The monoisotopic (exact) mass is 351 g/mol. The highest BCUT2D eigenvalue weighted by molar-refractivity contribution is 7.89. The standard InChI is InChI=1S/C17H25N3O3S/c1-12-3-6-15(24(22,23)18-2)11-16(12)17(21)19-13-7-9-20(10-8-13)14-4-5-14/h3,6,11,13-14,18H,4-5,7-10H2,1-2H3,(H,19,21). The quantitative estimate of drug-likeness (QED) is 0.837. The van der Waals surface area contributed by atoms with Gasteiger partial charge in [0.25, 0.3) is 5.91 Å². The summed E-state index contributed by atoms with van der Waals surface area (Å²) in [6.45, 7) is 3.88. The van der Waals surface area contributed by atoms with Crippen molar-refractivity contribution >= 4 is 15.9 Å². The van der Waals surface area contributed by atoms with E-state index in [0.717, 1.165) is 37.5 Å². The molecule has 1 aliphatic carbocycles. The van der Waals surface area contributed by atoms with E-state index in [9.17, 15) is 13.2 Å². The van der Waals surface area contributed by atoms with E-state index in [1.165, 1.54) is 32.0 Å². The summed E-state index contributed by atoms with van der Waals surface area (Å²) in [5.74, 6) is -0.189. The van der Waals surface area contributed by atoms with Crippen LogP contribution in [0.1, 0.15) is 41.6 Å². The van der Waals surface area contributed by atoms with Crippen molar-refractivity contribution in [2.45, 2.75) is 49.6 Å². The van der Waals surface area contributed by atoms with Gasteiger partial charge in [0.05, 0.1) is 4.90 Å². The number of amides is 1. The molecule has 1 amide bonds. The SMILES string of the molecule is CNS(=O)(=O)c1ccc(C)c(C(=O)NC2CCN(C3CC3)CC2)c1. The summed E-state index contributed by atoms with van der Waals surface area (Å²) in [7, 11) is -2.19. The first-order valence-corrected chi connectivity index (χ1v) is 9.98. The van der Waals surface area contributed by atoms with Crippen LogP contribution in [0.25, 0.3) is 0 Å². The zero-order valence-electron chi connectivity index (χ0n) is 14.2. The summed E-state index contributed by atoms with van der Waals surface area (Å²) in [6.07, 6.45) is 4.53. The summed E-state index contributed by atoms with van der Waals surface area (Å²) in [4.78, 5) is 15.2. The van der Waals surface area contributed by atoms with Gasteiger partial charge >= 0.3 is 0 Å². The molecular weight excluding hydrogens is 326 g/mol. The van der Waals surface area contributed by atoms with Gasteiger partial charge in [-0.25, -0.2) is 13.1 Å². The number of hydrogen-bond donors (Lipinski definition) is 2. The predicted molar refractivity (Wildman–Crippen MR) is 92.5 cm³/mol.